The normalized spacial score (nSPS) is 31.8. The van der Waals surface area contributed by atoms with E-state index in [1.807, 2.05) is 0 Å². The van der Waals surface area contributed by atoms with E-state index >= 15 is 0 Å². The van der Waals surface area contributed by atoms with Crippen molar-refractivity contribution in [1.29, 1.82) is 0 Å². The Morgan fingerprint density at radius 2 is 1.33 bits per heavy atom. The van der Waals surface area contributed by atoms with E-state index in [-0.39, 0.29) is 0 Å². The molecule has 6 atom stereocenters. The van der Waals surface area contributed by atoms with E-state index in [4.69, 9.17) is 23.7 Å². The fourth-order valence-corrected chi connectivity index (χ4v) is 2.99. The van der Waals surface area contributed by atoms with Gasteiger partial charge in [0.05, 0.1) is 6.61 Å². The summed E-state index contributed by atoms with van der Waals surface area (Å²) in [5, 5.41) is 21.2. The largest absolute Gasteiger partial charge is 0.387 e. The second-order valence-corrected chi connectivity index (χ2v) is 7.07. The lowest BCUT2D eigenvalue weighted by Gasteiger charge is -2.33. The van der Waals surface area contributed by atoms with Crippen molar-refractivity contribution in [2.75, 3.05) is 33.5 Å². The van der Waals surface area contributed by atoms with Crippen LogP contribution in [0.4, 0.5) is 0 Å². The molecule has 0 radical (unpaired) electrons. The van der Waals surface area contributed by atoms with Gasteiger partial charge in [0.1, 0.15) is 30.5 Å². The predicted molar refractivity (Wildman–Crippen MR) is 103 cm³/mol. The molecule has 1 heterocycles. The van der Waals surface area contributed by atoms with Gasteiger partial charge >= 0.3 is 0 Å². The molecule has 2 N–H and O–H groups in total. The molecule has 1 fully saturated rings. The number of aliphatic hydroxyl groups excluding tert-OH is 2. The first kappa shape index (κ1) is 24.8. The fraction of sp³-hybridized carbons (Fsp3) is 1.00. The molecule has 7 heteroatoms. The van der Waals surface area contributed by atoms with Crippen LogP contribution in [0.15, 0.2) is 0 Å². The standard InChI is InChI=1S/C20H40O7/c1-5-8-11-24-14-15-18(25-12-9-6-2)19(26-13-10-7-3)16(21)17(22)20(23-4)27-15/h15-22H,5-14H2,1-4H3/t15-,16+,17-,18-,19-,20-/m1/s1. The molecular weight excluding hydrogens is 352 g/mol. The molecule has 0 aromatic rings. The van der Waals surface area contributed by atoms with Crippen LogP contribution in [-0.2, 0) is 23.7 Å². The van der Waals surface area contributed by atoms with Gasteiger partial charge in [0.25, 0.3) is 0 Å². The number of methoxy groups -OCH3 is 1. The molecule has 1 aliphatic rings. The van der Waals surface area contributed by atoms with Crippen LogP contribution in [0.25, 0.3) is 0 Å². The van der Waals surface area contributed by atoms with Crippen LogP contribution < -0.4 is 0 Å². The second kappa shape index (κ2) is 14.7. The predicted octanol–water partition coefficient (Wildman–Crippen LogP) is 2.27. The van der Waals surface area contributed by atoms with Gasteiger partial charge < -0.3 is 33.9 Å². The van der Waals surface area contributed by atoms with Crippen molar-refractivity contribution in [2.24, 2.45) is 0 Å². The minimum absolute atomic E-state index is 0.295. The highest BCUT2D eigenvalue weighted by atomic mass is 16.7. The molecule has 162 valence electrons. The first-order valence-corrected chi connectivity index (χ1v) is 10.5. The van der Waals surface area contributed by atoms with Gasteiger partial charge in [0.2, 0.25) is 0 Å². The molecule has 1 saturated heterocycles. The smallest absolute Gasteiger partial charge is 0.186 e. The quantitative estimate of drug-likeness (QED) is 0.439. The molecule has 0 aliphatic carbocycles. The SMILES string of the molecule is CCCCOC[C@H]1O[C@@H](OC)[C@H](O)[C@H](O)[C@@H](OCCCC)[C@@H]1OCCCC. The average molecular weight is 393 g/mol. The molecule has 1 aliphatic heterocycles. The molecule has 0 bridgehead atoms. The Labute approximate surface area is 164 Å². The van der Waals surface area contributed by atoms with Gasteiger partial charge in [-0.2, -0.15) is 0 Å². The summed E-state index contributed by atoms with van der Waals surface area (Å²) < 4.78 is 29.0. The molecular formula is C20H40O7. The molecule has 1 rings (SSSR count). The van der Waals surface area contributed by atoms with E-state index in [0.29, 0.717) is 26.4 Å². The van der Waals surface area contributed by atoms with Crippen LogP contribution in [-0.4, -0.2) is 80.6 Å². The Morgan fingerprint density at radius 3 is 1.89 bits per heavy atom. The van der Waals surface area contributed by atoms with Crippen molar-refractivity contribution in [2.45, 2.75) is 96.1 Å². The summed E-state index contributed by atoms with van der Waals surface area (Å²) >= 11 is 0. The second-order valence-electron chi connectivity index (χ2n) is 7.07. The molecule has 0 aromatic heterocycles. The van der Waals surface area contributed by atoms with Crippen molar-refractivity contribution < 1.29 is 33.9 Å². The third-order valence-electron chi connectivity index (χ3n) is 4.74. The summed E-state index contributed by atoms with van der Waals surface area (Å²) in [6.07, 6.45) is 0.653. The molecule has 0 unspecified atom stereocenters. The molecule has 0 aromatic carbocycles. The van der Waals surface area contributed by atoms with Gasteiger partial charge in [-0.3, -0.25) is 0 Å². The first-order valence-electron chi connectivity index (χ1n) is 10.5. The maximum absolute atomic E-state index is 10.7. The molecule has 0 spiro atoms. The van der Waals surface area contributed by atoms with Gasteiger partial charge in [-0.05, 0) is 19.3 Å². The zero-order valence-electron chi connectivity index (χ0n) is 17.5. The summed E-state index contributed by atoms with van der Waals surface area (Å²) in [6.45, 7) is 8.21. The van der Waals surface area contributed by atoms with Crippen molar-refractivity contribution in [3.8, 4) is 0 Å². The number of rotatable bonds is 14. The Hall–Kier alpha value is -0.280. The molecule has 0 amide bonds. The van der Waals surface area contributed by atoms with E-state index in [1.165, 1.54) is 7.11 Å². The third kappa shape index (κ3) is 8.31. The monoisotopic (exact) mass is 392 g/mol. The van der Waals surface area contributed by atoms with Crippen LogP contribution in [0.1, 0.15) is 59.3 Å². The van der Waals surface area contributed by atoms with Gasteiger partial charge in [-0.15, -0.1) is 0 Å². The van der Waals surface area contributed by atoms with Crippen molar-refractivity contribution in [1.82, 2.24) is 0 Å². The van der Waals surface area contributed by atoms with E-state index in [2.05, 4.69) is 20.8 Å². The van der Waals surface area contributed by atoms with Gasteiger partial charge in [-0.1, -0.05) is 40.0 Å². The lowest BCUT2D eigenvalue weighted by molar-refractivity contribution is -0.227. The van der Waals surface area contributed by atoms with E-state index in [9.17, 15) is 10.2 Å². The Kier molecular flexibility index (Phi) is 13.5. The van der Waals surface area contributed by atoms with Crippen molar-refractivity contribution >= 4 is 0 Å². The summed E-state index contributed by atoms with van der Waals surface area (Å²) in [6, 6.07) is 0. The Balaban J connectivity index is 2.95. The topological polar surface area (TPSA) is 86.6 Å². The first-order chi connectivity index (χ1) is 13.1. The number of hydrogen-bond donors (Lipinski definition) is 2. The minimum Gasteiger partial charge on any atom is -0.387 e. The summed E-state index contributed by atoms with van der Waals surface area (Å²) in [7, 11) is 1.45. The van der Waals surface area contributed by atoms with Crippen LogP contribution in [0.5, 0.6) is 0 Å². The number of unbranched alkanes of at least 4 members (excludes halogenated alkanes) is 3. The maximum atomic E-state index is 10.7. The van der Waals surface area contributed by atoms with E-state index < -0.39 is 36.8 Å². The van der Waals surface area contributed by atoms with Gasteiger partial charge in [-0.25, -0.2) is 0 Å². The zero-order valence-corrected chi connectivity index (χ0v) is 17.5. The van der Waals surface area contributed by atoms with Gasteiger partial charge in [0.15, 0.2) is 6.29 Å². The van der Waals surface area contributed by atoms with Crippen LogP contribution >= 0.6 is 0 Å². The summed E-state index contributed by atoms with van der Waals surface area (Å²) in [4.78, 5) is 0. The van der Waals surface area contributed by atoms with Crippen LogP contribution in [0.2, 0.25) is 0 Å². The summed E-state index contributed by atoms with van der Waals surface area (Å²) in [5.74, 6) is 0. The number of ether oxygens (including phenoxy) is 5. The van der Waals surface area contributed by atoms with Crippen molar-refractivity contribution in [3.05, 3.63) is 0 Å². The molecule has 7 nitrogen and oxygen atoms in total. The maximum Gasteiger partial charge on any atom is 0.186 e. The minimum atomic E-state index is -1.22. The van der Waals surface area contributed by atoms with Crippen molar-refractivity contribution in [3.63, 3.8) is 0 Å². The summed E-state index contributed by atoms with van der Waals surface area (Å²) in [5.41, 5.74) is 0. The highest BCUT2D eigenvalue weighted by Gasteiger charge is 2.47. The third-order valence-corrected chi connectivity index (χ3v) is 4.74. The Morgan fingerprint density at radius 1 is 0.778 bits per heavy atom. The Bertz CT molecular complexity index is 355. The van der Waals surface area contributed by atoms with Gasteiger partial charge in [0, 0.05) is 26.9 Å². The highest BCUT2D eigenvalue weighted by Crippen LogP contribution is 2.27. The molecule has 0 saturated carbocycles. The fourth-order valence-electron chi connectivity index (χ4n) is 2.99. The number of hydrogen-bond acceptors (Lipinski definition) is 7. The highest BCUT2D eigenvalue weighted by molar-refractivity contribution is 4.93. The zero-order chi connectivity index (χ0) is 20.1. The average Bonchev–Trinajstić information content (AvgIpc) is 2.76. The number of aliphatic hydroxyl groups is 2. The molecule has 27 heavy (non-hydrogen) atoms. The van der Waals surface area contributed by atoms with Crippen LogP contribution in [0.3, 0.4) is 0 Å². The van der Waals surface area contributed by atoms with E-state index in [0.717, 1.165) is 38.5 Å². The lowest BCUT2D eigenvalue weighted by atomic mass is 10.00. The van der Waals surface area contributed by atoms with E-state index in [1.54, 1.807) is 0 Å². The lowest BCUT2D eigenvalue weighted by Crippen LogP contribution is -2.50. The van der Waals surface area contributed by atoms with Crippen LogP contribution in [0, 0.1) is 0 Å².